The first-order valence-electron chi connectivity index (χ1n) is 6.09. The summed E-state index contributed by atoms with van der Waals surface area (Å²) in [5, 5.41) is 0. The number of aryl methyl sites for hydroxylation is 1. The maximum atomic E-state index is 12.0. The molecule has 0 aromatic heterocycles. The molecule has 0 aliphatic rings. The van der Waals surface area contributed by atoms with E-state index in [1.165, 1.54) is 0 Å². The molecule has 0 saturated heterocycles. The molecule has 0 unspecified atom stereocenters. The lowest BCUT2D eigenvalue weighted by Gasteiger charge is -2.16. The minimum atomic E-state index is -0.210. The number of carbonyl (C=O) groups is 1. The molecule has 2 aromatic rings. The summed E-state index contributed by atoms with van der Waals surface area (Å²) in [6.07, 6.45) is 0. The van der Waals surface area contributed by atoms with Gasteiger partial charge < -0.3 is 4.90 Å². The van der Waals surface area contributed by atoms with Gasteiger partial charge in [0.05, 0.1) is 0 Å². The van der Waals surface area contributed by atoms with Crippen molar-refractivity contribution in [3.05, 3.63) is 65.7 Å². The fourth-order valence-corrected chi connectivity index (χ4v) is 1.78. The summed E-state index contributed by atoms with van der Waals surface area (Å²) in [6, 6.07) is 17.2. The highest BCUT2D eigenvalue weighted by Gasteiger charge is 2.09. The Balaban J connectivity index is 2.18. The second-order valence-electron chi connectivity index (χ2n) is 4.27. The average Bonchev–Trinajstić information content (AvgIpc) is 2.45. The highest BCUT2D eigenvalue weighted by Crippen LogP contribution is 2.17. The molecular formula is C17H15NO. The first-order valence-corrected chi connectivity index (χ1v) is 6.09. The average molecular weight is 249 g/mol. The van der Waals surface area contributed by atoms with Gasteiger partial charge in [-0.3, -0.25) is 4.79 Å². The van der Waals surface area contributed by atoms with Crippen molar-refractivity contribution >= 4 is 11.6 Å². The number of carbonyl (C=O) groups excluding carboxylic acids is 1. The molecule has 0 atom stereocenters. The van der Waals surface area contributed by atoms with Gasteiger partial charge in [0.15, 0.2) is 0 Å². The molecule has 0 aliphatic heterocycles. The maximum absolute atomic E-state index is 12.0. The monoisotopic (exact) mass is 249 g/mol. The number of benzene rings is 2. The Labute approximate surface area is 113 Å². The van der Waals surface area contributed by atoms with Crippen LogP contribution in [-0.2, 0) is 4.79 Å². The summed E-state index contributed by atoms with van der Waals surface area (Å²) in [7, 11) is 1.74. The topological polar surface area (TPSA) is 20.3 Å². The van der Waals surface area contributed by atoms with E-state index in [0.717, 1.165) is 16.8 Å². The molecule has 2 nitrogen and oxygen atoms in total. The standard InChI is InChI=1S/C17H15NO/c1-14-8-6-7-11-16(14)18(2)17(19)13-12-15-9-4-3-5-10-15/h3-11H,1-2H3. The van der Waals surface area contributed by atoms with Crippen LogP contribution in [0.4, 0.5) is 5.69 Å². The van der Waals surface area contributed by atoms with E-state index in [1.807, 2.05) is 61.5 Å². The molecule has 2 heteroatoms. The third-order valence-electron chi connectivity index (χ3n) is 2.87. The third-order valence-corrected chi connectivity index (χ3v) is 2.87. The van der Waals surface area contributed by atoms with Crippen molar-refractivity contribution in [2.45, 2.75) is 6.92 Å². The Morgan fingerprint density at radius 1 is 1.00 bits per heavy atom. The van der Waals surface area contributed by atoms with E-state index in [2.05, 4.69) is 11.8 Å². The van der Waals surface area contributed by atoms with Gasteiger partial charge in [-0.05, 0) is 30.7 Å². The van der Waals surface area contributed by atoms with Crippen molar-refractivity contribution in [3.8, 4) is 11.8 Å². The van der Waals surface area contributed by atoms with E-state index < -0.39 is 0 Å². The first kappa shape index (κ1) is 12.9. The zero-order chi connectivity index (χ0) is 13.7. The van der Waals surface area contributed by atoms with E-state index in [1.54, 1.807) is 11.9 Å². The molecule has 2 rings (SSSR count). The third kappa shape index (κ3) is 3.23. The summed E-state index contributed by atoms with van der Waals surface area (Å²) in [4.78, 5) is 13.6. The minimum Gasteiger partial charge on any atom is -0.304 e. The summed E-state index contributed by atoms with van der Waals surface area (Å²) in [5.74, 6) is 5.32. The van der Waals surface area contributed by atoms with E-state index in [0.29, 0.717) is 0 Å². The molecule has 0 radical (unpaired) electrons. The molecule has 94 valence electrons. The molecule has 0 fully saturated rings. The normalized spacial score (nSPS) is 9.37. The molecule has 0 N–H and O–H groups in total. The van der Waals surface area contributed by atoms with E-state index in [9.17, 15) is 4.79 Å². The molecular weight excluding hydrogens is 234 g/mol. The predicted octanol–water partition coefficient (Wildman–Crippen LogP) is 3.01. The molecule has 0 aliphatic carbocycles. The zero-order valence-corrected chi connectivity index (χ0v) is 11.1. The van der Waals surface area contributed by atoms with Gasteiger partial charge in [-0.2, -0.15) is 0 Å². The van der Waals surface area contributed by atoms with Crippen LogP contribution in [0.3, 0.4) is 0 Å². The van der Waals surface area contributed by atoms with Crippen LogP contribution < -0.4 is 4.90 Å². The van der Waals surface area contributed by atoms with Crippen LogP contribution in [0.1, 0.15) is 11.1 Å². The smallest absolute Gasteiger partial charge is 0.302 e. The van der Waals surface area contributed by atoms with Crippen molar-refractivity contribution in [1.29, 1.82) is 0 Å². The number of nitrogens with zero attached hydrogens (tertiary/aromatic N) is 1. The number of anilines is 1. The van der Waals surface area contributed by atoms with Crippen molar-refractivity contribution in [2.24, 2.45) is 0 Å². The van der Waals surface area contributed by atoms with Crippen molar-refractivity contribution in [2.75, 3.05) is 11.9 Å². The molecule has 0 saturated carbocycles. The lowest BCUT2D eigenvalue weighted by Crippen LogP contribution is -2.25. The van der Waals surface area contributed by atoms with Crippen LogP contribution in [-0.4, -0.2) is 13.0 Å². The highest BCUT2D eigenvalue weighted by molar-refractivity contribution is 6.06. The Kier molecular flexibility index (Phi) is 4.00. The highest BCUT2D eigenvalue weighted by atomic mass is 16.2. The van der Waals surface area contributed by atoms with Gasteiger partial charge in [-0.1, -0.05) is 42.3 Å². The molecule has 0 heterocycles. The summed E-state index contributed by atoms with van der Waals surface area (Å²) in [6.45, 7) is 1.98. The van der Waals surface area contributed by atoms with Gasteiger partial charge in [0, 0.05) is 24.2 Å². The lowest BCUT2D eigenvalue weighted by molar-refractivity contribution is -0.113. The van der Waals surface area contributed by atoms with Crippen LogP contribution in [0, 0.1) is 18.8 Å². The SMILES string of the molecule is Cc1ccccc1N(C)C(=O)C#Cc1ccccc1. The Bertz CT molecular complexity index is 635. The Hall–Kier alpha value is -2.53. The number of rotatable bonds is 1. The van der Waals surface area contributed by atoms with Crippen LogP contribution in [0.5, 0.6) is 0 Å². The number of para-hydroxylation sites is 1. The zero-order valence-electron chi connectivity index (χ0n) is 11.1. The van der Waals surface area contributed by atoms with Crippen LogP contribution in [0.15, 0.2) is 54.6 Å². The number of amides is 1. The van der Waals surface area contributed by atoms with Gasteiger partial charge in [-0.15, -0.1) is 0 Å². The molecule has 0 spiro atoms. The van der Waals surface area contributed by atoms with E-state index >= 15 is 0 Å². The Morgan fingerprint density at radius 3 is 2.32 bits per heavy atom. The fourth-order valence-electron chi connectivity index (χ4n) is 1.78. The number of hydrogen-bond acceptors (Lipinski definition) is 1. The number of hydrogen-bond donors (Lipinski definition) is 0. The molecule has 0 bridgehead atoms. The summed E-state index contributed by atoms with van der Waals surface area (Å²) >= 11 is 0. The van der Waals surface area contributed by atoms with E-state index in [-0.39, 0.29) is 5.91 Å². The van der Waals surface area contributed by atoms with Gasteiger partial charge in [0.1, 0.15) is 0 Å². The van der Waals surface area contributed by atoms with Crippen LogP contribution >= 0.6 is 0 Å². The van der Waals surface area contributed by atoms with Gasteiger partial charge >= 0.3 is 5.91 Å². The second-order valence-corrected chi connectivity index (χ2v) is 4.27. The van der Waals surface area contributed by atoms with E-state index in [4.69, 9.17) is 0 Å². The first-order chi connectivity index (χ1) is 9.18. The van der Waals surface area contributed by atoms with Gasteiger partial charge in [-0.25, -0.2) is 0 Å². The molecule has 1 amide bonds. The molecule has 2 aromatic carbocycles. The minimum absolute atomic E-state index is 0.210. The second kappa shape index (κ2) is 5.88. The summed E-state index contributed by atoms with van der Waals surface area (Å²) in [5.41, 5.74) is 2.78. The maximum Gasteiger partial charge on any atom is 0.302 e. The van der Waals surface area contributed by atoms with Crippen molar-refractivity contribution < 1.29 is 4.79 Å². The lowest BCUT2D eigenvalue weighted by atomic mass is 10.2. The Morgan fingerprint density at radius 2 is 1.63 bits per heavy atom. The summed E-state index contributed by atoms with van der Waals surface area (Å²) < 4.78 is 0. The van der Waals surface area contributed by atoms with Crippen molar-refractivity contribution in [1.82, 2.24) is 0 Å². The quantitative estimate of drug-likeness (QED) is 0.711. The fraction of sp³-hybridized carbons (Fsp3) is 0.118. The van der Waals surface area contributed by atoms with Crippen LogP contribution in [0.25, 0.3) is 0 Å². The van der Waals surface area contributed by atoms with Crippen LogP contribution in [0.2, 0.25) is 0 Å². The van der Waals surface area contributed by atoms with Crippen molar-refractivity contribution in [3.63, 3.8) is 0 Å². The predicted molar refractivity (Wildman–Crippen MR) is 77.9 cm³/mol. The largest absolute Gasteiger partial charge is 0.304 e. The van der Waals surface area contributed by atoms with Gasteiger partial charge in [0.2, 0.25) is 0 Å². The van der Waals surface area contributed by atoms with Gasteiger partial charge in [0.25, 0.3) is 0 Å². The molecule has 19 heavy (non-hydrogen) atoms.